The third-order valence-electron chi connectivity index (χ3n) is 7.22. The van der Waals surface area contributed by atoms with E-state index in [9.17, 15) is 0 Å². The van der Waals surface area contributed by atoms with Crippen molar-refractivity contribution in [1.82, 2.24) is 0 Å². The molecule has 0 bridgehead atoms. The molecule has 0 heteroatoms. The zero-order valence-corrected chi connectivity index (χ0v) is 10.9. The Bertz CT molecular complexity index is 691. The second-order valence-corrected chi connectivity index (χ2v) is 6.98. The number of benzene rings is 2. The molecule has 4 aliphatic rings. The van der Waals surface area contributed by atoms with Gasteiger partial charge in [-0.3, -0.25) is 0 Å². The van der Waals surface area contributed by atoms with Crippen LogP contribution in [0.1, 0.15) is 36.8 Å². The Kier molecular flexibility index (Phi) is 1.18. The monoisotopic (exact) mass is 244 g/mol. The van der Waals surface area contributed by atoms with Crippen molar-refractivity contribution in [2.45, 2.75) is 36.5 Å². The Balaban J connectivity index is 1.82. The first kappa shape index (κ1) is 9.36. The lowest BCUT2D eigenvalue weighted by Gasteiger charge is -2.37. The standard InChI is InChI=1S/C19H16/c1-3-7-15-13(5-1)14-6-2-4-8-16(14)19-12-10-17(19)9-11-18(15,17)19/h1-8H,9-12H2/t17?,18-,19-/m0/s1. The minimum atomic E-state index is 0.547. The third-order valence-corrected chi connectivity index (χ3v) is 7.22. The van der Waals surface area contributed by atoms with E-state index in [2.05, 4.69) is 48.5 Å². The van der Waals surface area contributed by atoms with E-state index in [-0.39, 0.29) is 0 Å². The summed E-state index contributed by atoms with van der Waals surface area (Å²) >= 11 is 0. The van der Waals surface area contributed by atoms with E-state index >= 15 is 0 Å². The van der Waals surface area contributed by atoms with Crippen LogP contribution < -0.4 is 0 Å². The van der Waals surface area contributed by atoms with Gasteiger partial charge in [-0.25, -0.2) is 0 Å². The van der Waals surface area contributed by atoms with Crippen molar-refractivity contribution in [2.75, 3.05) is 0 Å². The average molecular weight is 244 g/mol. The third kappa shape index (κ3) is 0.602. The Morgan fingerprint density at radius 3 is 1.47 bits per heavy atom. The normalized spacial score (nSPS) is 42.5. The smallest absolute Gasteiger partial charge is 0.0127 e. The van der Waals surface area contributed by atoms with E-state index in [0.717, 1.165) is 0 Å². The average Bonchev–Trinajstić information content (AvgIpc) is 2.69. The second-order valence-electron chi connectivity index (χ2n) is 6.98. The van der Waals surface area contributed by atoms with Crippen LogP contribution in [0.5, 0.6) is 0 Å². The Hall–Kier alpha value is -1.56. The van der Waals surface area contributed by atoms with Crippen LogP contribution in [-0.2, 0) is 10.8 Å². The van der Waals surface area contributed by atoms with Gasteiger partial charge in [-0.05, 0) is 53.4 Å². The molecule has 0 radical (unpaired) electrons. The van der Waals surface area contributed by atoms with Crippen molar-refractivity contribution in [3.8, 4) is 11.1 Å². The fourth-order valence-corrected chi connectivity index (χ4v) is 6.61. The molecule has 3 spiro atoms. The maximum Gasteiger partial charge on any atom is 0.0127 e. The summed E-state index contributed by atoms with van der Waals surface area (Å²) in [7, 11) is 0. The van der Waals surface area contributed by atoms with Crippen LogP contribution in [0.4, 0.5) is 0 Å². The highest BCUT2D eigenvalue weighted by Gasteiger charge is 2.96. The molecule has 3 fully saturated rings. The molecule has 0 unspecified atom stereocenters. The molecule has 2 atom stereocenters. The Labute approximate surface area is 113 Å². The first-order valence-electron chi connectivity index (χ1n) is 7.57. The van der Waals surface area contributed by atoms with Crippen LogP contribution in [0.25, 0.3) is 11.1 Å². The highest BCUT2D eigenvalue weighted by atomic mass is 15.0. The Morgan fingerprint density at radius 1 is 0.579 bits per heavy atom. The number of hydrogen-bond acceptors (Lipinski definition) is 0. The van der Waals surface area contributed by atoms with Crippen LogP contribution in [0, 0.1) is 5.41 Å². The molecule has 3 saturated carbocycles. The lowest BCUT2D eigenvalue weighted by molar-refractivity contribution is 0.183. The molecule has 0 aromatic heterocycles. The summed E-state index contributed by atoms with van der Waals surface area (Å²) in [5, 5.41) is 0. The van der Waals surface area contributed by atoms with Crippen LogP contribution in [0.3, 0.4) is 0 Å². The highest BCUT2D eigenvalue weighted by Crippen LogP contribution is 2.99. The van der Waals surface area contributed by atoms with Crippen molar-refractivity contribution >= 4 is 0 Å². The summed E-state index contributed by atoms with van der Waals surface area (Å²) in [6.07, 6.45) is 5.79. The summed E-state index contributed by atoms with van der Waals surface area (Å²) in [4.78, 5) is 0. The maximum absolute atomic E-state index is 2.42. The van der Waals surface area contributed by atoms with Gasteiger partial charge in [0.25, 0.3) is 0 Å². The minimum Gasteiger partial charge on any atom is -0.0619 e. The molecule has 0 saturated heterocycles. The van der Waals surface area contributed by atoms with Crippen molar-refractivity contribution in [3.05, 3.63) is 59.7 Å². The van der Waals surface area contributed by atoms with Gasteiger partial charge in [-0.1, -0.05) is 48.5 Å². The zero-order valence-electron chi connectivity index (χ0n) is 10.9. The predicted molar refractivity (Wildman–Crippen MR) is 76.1 cm³/mol. The van der Waals surface area contributed by atoms with Crippen molar-refractivity contribution in [1.29, 1.82) is 0 Å². The molecule has 0 amide bonds. The quantitative estimate of drug-likeness (QED) is 0.643. The van der Waals surface area contributed by atoms with Gasteiger partial charge in [-0.2, -0.15) is 0 Å². The molecular weight excluding hydrogens is 228 g/mol. The summed E-state index contributed by atoms with van der Waals surface area (Å²) in [5.41, 5.74) is 8.17. The van der Waals surface area contributed by atoms with Gasteiger partial charge in [0.15, 0.2) is 0 Å². The molecule has 0 heterocycles. The first-order valence-corrected chi connectivity index (χ1v) is 7.57. The van der Waals surface area contributed by atoms with Gasteiger partial charge in [0.2, 0.25) is 0 Å². The summed E-state index contributed by atoms with van der Waals surface area (Å²) in [6.45, 7) is 0. The van der Waals surface area contributed by atoms with Crippen molar-refractivity contribution in [3.63, 3.8) is 0 Å². The van der Waals surface area contributed by atoms with E-state index in [4.69, 9.17) is 0 Å². The molecule has 4 aliphatic carbocycles. The van der Waals surface area contributed by atoms with E-state index in [0.29, 0.717) is 16.2 Å². The number of hydrogen-bond donors (Lipinski definition) is 0. The molecule has 0 nitrogen and oxygen atoms in total. The van der Waals surface area contributed by atoms with Gasteiger partial charge >= 0.3 is 0 Å². The topological polar surface area (TPSA) is 0 Å². The van der Waals surface area contributed by atoms with Gasteiger partial charge in [-0.15, -0.1) is 0 Å². The van der Waals surface area contributed by atoms with Crippen molar-refractivity contribution < 1.29 is 0 Å². The summed E-state index contributed by atoms with van der Waals surface area (Å²) in [5.74, 6) is 0. The second kappa shape index (κ2) is 2.40. The summed E-state index contributed by atoms with van der Waals surface area (Å²) in [6, 6.07) is 18.5. The van der Waals surface area contributed by atoms with E-state index < -0.39 is 0 Å². The number of fused-ring (bicyclic) bond motifs is 3. The number of rotatable bonds is 0. The molecule has 0 aliphatic heterocycles. The maximum atomic E-state index is 2.42. The lowest BCUT2D eigenvalue weighted by atomic mass is 9.66. The van der Waals surface area contributed by atoms with E-state index in [1.807, 2.05) is 0 Å². The molecule has 2 aromatic rings. The fraction of sp³-hybridized carbons (Fsp3) is 0.368. The molecule has 19 heavy (non-hydrogen) atoms. The Morgan fingerprint density at radius 2 is 1.05 bits per heavy atom. The predicted octanol–water partition coefficient (Wildman–Crippen LogP) is 4.43. The minimum absolute atomic E-state index is 0.547. The zero-order chi connectivity index (χ0) is 12.3. The highest BCUT2D eigenvalue weighted by molar-refractivity contribution is 5.85. The fourth-order valence-electron chi connectivity index (χ4n) is 6.61. The van der Waals surface area contributed by atoms with Gasteiger partial charge < -0.3 is 0 Å². The van der Waals surface area contributed by atoms with Crippen molar-refractivity contribution in [2.24, 2.45) is 5.41 Å². The van der Waals surface area contributed by atoms with Crippen LogP contribution in [-0.4, -0.2) is 0 Å². The molecule has 0 N–H and O–H groups in total. The van der Waals surface area contributed by atoms with E-state index in [1.165, 1.54) is 36.8 Å². The van der Waals surface area contributed by atoms with E-state index in [1.54, 1.807) is 11.1 Å². The lowest BCUT2D eigenvalue weighted by Crippen LogP contribution is -2.30. The van der Waals surface area contributed by atoms with Crippen LogP contribution in [0.15, 0.2) is 48.5 Å². The molecule has 92 valence electrons. The largest absolute Gasteiger partial charge is 0.0619 e. The molecular formula is C19H16. The first-order chi connectivity index (χ1) is 9.37. The van der Waals surface area contributed by atoms with Gasteiger partial charge in [0.05, 0.1) is 0 Å². The summed E-state index contributed by atoms with van der Waals surface area (Å²) < 4.78 is 0. The van der Waals surface area contributed by atoms with Gasteiger partial charge in [0.1, 0.15) is 0 Å². The van der Waals surface area contributed by atoms with Crippen LogP contribution >= 0.6 is 0 Å². The molecule has 2 aromatic carbocycles. The SMILES string of the molecule is c1ccc2c(c1)-c1ccccc1[C@@]13CCC14CC[C@]243. The molecule has 6 rings (SSSR count). The van der Waals surface area contributed by atoms with Crippen LogP contribution in [0.2, 0.25) is 0 Å². The van der Waals surface area contributed by atoms with Gasteiger partial charge in [0, 0.05) is 10.8 Å².